The minimum Gasteiger partial charge on any atom is -0.503 e. The van der Waals surface area contributed by atoms with Gasteiger partial charge in [-0.1, -0.05) is 0 Å². The normalized spacial score (nSPS) is 10.7. The van der Waals surface area contributed by atoms with Crippen molar-refractivity contribution in [3.8, 4) is 44.8 Å². The van der Waals surface area contributed by atoms with Gasteiger partial charge in [0.15, 0.2) is 11.5 Å². The van der Waals surface area contributed by atoms with E-state index in [4.69, 9.17) is 9.47 Å². The van der Waals surface area contributed by atoms with E-state index in [0.717, 1.165) is 11.3 Å². The number of phenols is 2. The summed E-state index contributed by atoms with van der Waals surface area (Å²) in [6, 6.07) is 7.20. The molecule has 0 unspecified atom stereocenters. The van der Waals surface area contributed by atoms with Gasteiger partial charge in [-0.15, -0.1) is 11.3 Å². The number of ether oxygens (including phenoxy) is 2. The van der Waals surface area contributed by atoms with Crippen molar-refractivity contribution in [2.45, 2.75) is 0 Å². The standard InChI is InChI=1S/C17H13Br2NO4S/c1-23-8-3-4-13(24-2)9(5-8)12-7-25-17(20-12)10-6-11(18)15(21)16(22)14(10)19/h3-7,21-22H,1-2H3. The summed E-state index contributed by atoms with van der Waals surface area (Å²) < 4.78 is 11.5. The SMILES string of the molecule is COc1ccc(OC)c(-c2csc(-c3cc(Br)c(O)c(O)c3Br)n2)c1. The molecule has 0 amide bonds. The monoisotopic (exact) mass is 485 g/mol. The number of rotatable bonds is 4. The maximum atomic E-state index is 10.0. The molecule has 0 atom stereocenters. The van der Waals surface area contributed by atoms with Crippen LogP contribution in [0, 0.1) is 0 Å². The van der Waals surface area contributed by atoms with Crippen molar-refractivity contribution in [2.24, 2.45) is 0 Å². The smallest absolute Gasteiger partial charge is 0.173 e. The molecular weight excluding hydrogens is 474 g/mol. The van der Waals surface area contributed by atoms with Crippen LogP contribution < -0.4 is 9.47 Å². The first-order valence-corrected chi connectivity index (χ1v) is 9.51. The molecule has 2 aromatic carbocycles. The van der Waals surface area contributed by atoms with Gasteiger partial charge in [-0.05, 0) is 56.1 Å². The van der Waals surface area contributed by atoms with Crippen LogP contribution in [0.1, 0.15) is 0 Å². The molecule has 0 saturated carbocycles. The van der Waals surface area contributed by atoms with Crippen LogP contribution in [0.2, 0.25) is 0 Å². The van der Waals surface area contributed by atoms with Gasteiger partial charge in [-0.3, -0.25) is 0 Å². The van der Waals surface area contributed by atoms with Crippen molar-refractivity contribution in [1.29, 1.82) is 0 Å². The van der Waals surface area contributed by atoms with Crippen molar-refractivity contribution in [3.05, 3.63) is 38.6 Å². The highest BCUT2D eigenvalue weighted by Gasteiger charge is 2.19. The number of hydrogen-bond acceptors (Lipinski definition) is 6. The van der Waals surface area contributed by atoms with E-state index in [-0.39, 0.29) is 11.5 Å². The number of methoxy groups -OCH3 is 2. The Bertz CT molecular complexity index is 943. The average molecular weight is 487 g/mol. The molecule has 0 bridgehead atoms. The Kier molecular flexibility index (Phi) is 5.21. The van der Waals surface area contributed by atoms with Gasteiger partial charge in [0, 0.05) is 16.5 Å². The Morgan fingerprint density at radius 2 is 1.76 bits per heavy atom. The Morgan fingerprint density at radius 3 is 2.44 bits per heavy atom. The van der Waals surface area contributed by atoms with E-state index >= 15 is 0 Å². The molecule has 25 heavy (non-hydrogen) atoms. The molecular formula is C17H13Br2NO4S. The predicted octanol–water partition coefficient (Wildman–Crippen LogP) is 5.43. The molecule has 0 saturated heterocycles. The van der Waals surface area contributed by atoms with Gasteiger partial charge in [-0.25, -0.2) is 4.98 Å². The van der Waals surface area contributed by atoms with Crippen molar-refractivity contribution >= 4 is 43.2 Å². The summed E-state index contributed by atoms with van der Waals surface area (Å²) in [6.07, 6.45) is 0. The molecule has 0 aliphatic rings. The number of hydrogen-bond donors (Lipinski definition) is 2. The zero-order valence-corrected chi connectivity index (χ0v) is 17.2. The molecule has 130 valence electrons. The number of nitrogens with zero attached hydrogens (tertiary/aromatic N) is 1. The van der Waals surface area contributed by atoms with Gasteiger partial charge in [-0.2, -0.15) is 0 Å². The second-order valence-corrected chi connectivity index (χ2v) is 7.53. The van der Waals surface area contributed by atoms with Gasteiger partial charge in [0.05, 0.1) is 28.9 Å². The third kappa shape index (κ3) is 3.33. The topological polar surface area (TPSA) is 71.8 Å². The van der Waals surface area contributed by atoms with Gasteiger partial charge in [0.1, 0.15) is 16.5 Å². The van der Waals surface area contributed by atoms with Gasteiger partial charge in [0.2, 0.25) is 0 Å². The summed E-state index contributed by atoms with van der Waals surface area (Å²) in [5.74, 6) is 0.935. The summed E-state index contributed by atoms with van der Waals surface area (Å²) in [5, 5.41) is 22.4. The lowest BCUT2D eigenvalue weighted by Gasteiger charge is -2.09. The van der Waals surface area contributed by atoms with Crippen molar-refractivity contribution < 1.29 is 19.7 Å². The van der Waals surface area contributed by atoms with Gasteiger partial charge in [0.25, 0.3) is 0 Å². The van der Waals surface area contributed by atoms with Crippen molar-refractivity contribution in [1.82, 2.24) is 4.98 Å². The van der Waals surface area contributed by atoms with Crippen LogP contribution in [-0.2, 0) is 0 Å². The zero-order chi connectivity index (χ0) is 18.1. The summed E-state index contributed by atoms with van der Waals surface area (Å²) in [6.45, 7) is 0. The van der Waals surface area contributed by atoms with Crippen LogP contribution in [0.5, 0.6) is 23.0 Å². The summed E-state index contributed by atoms with van der Waals surface area (Å²) in [7, 11) is 3.20. The first-order chi connectivity index (χ1) is 12.0. The van der Waals surface area contributed by atoms with Crippen LogP contribution >= 0.6 is 43.2 Å². The van der Waals surface area contributed by atoms with E-state index in [1.807, 2.05) is 23.6 Å². The largest absolute Gasteiger partial charge is 0.503 e. The zero-order valence-electron chi connectivity index (χ0n) is 13.2. The van der Waals surface area contributed by atoms with E-state index in [9.17, 15) is 10.2 Å². The fraction of sp³-hybridized carbons (Fsp3) is 0.118. The average Bonchev–Trinajstić information content (AvgIpc) is 3.12. The Balaban J connectivity index is 2.11. The molecule has 0 radical (unpaired) electrons. The fourth-order valence-corrected chi connectivity index (χ4v) is 4.17. The predicted molar refractivity (Wildman–Crippen MR) is 105 cm³/mol. The number of aromatic nitrogens is 1. The van der Waals surface area contributed by atoms with Crippen molar-refractivity contribution in [3.63, 3.8) is 0 Å². The molecule has 5 nitrogen and oxygen atoms in total. The lowest BCUT2D eigenvalue weighted by Crippen LogP contribution is -1.90. The third-order valence-electron chi connectivity index (χ3n) is 3.58. The number of halogens is 2. The number of thiazole rings is 1. The summed E-state index contributed by atoms with van der Waals surface area (Å²) in [5.41, 5.74) is 2.20. The first-order valence-electron chi connectivity index (χ1n) is 7.04. The van der Waals surface area contributed by atoms with Gasteiger partial charge >= 0.3 is 0 Å². The van der Waals surface area contributed by atoms with E-state index in [0.29, 0.717) is 31.0 Å². The third-order valence-corrected chi connectivity index (χ3v) is 5.87. The molecule has 3 aromatic rings. The molecule has 0 aliphatic carbocycles. The lowest BCUT2D eigenvalue weighted by molar-refractivity contribution is 0.399. The molecule has 0 spiro atoms. The molecule has 0 aliphatic heterocycles. The minimum atomic E-state index is -0.236. The highest BCUT2D eigenvalue weighted by Crippen LogP contribution is 2.46. The summed E-state index contributed by atoms with van der Waals surface area (Å²) in [4.78, 5) is 4.65. The maximum Gasteiger partial charge on any atom is 0.173 e. The Hall–Kier alpha value is -1.77. The van der Waals surface area contributed by atoms with Crippen molar-refractivity contribution in [2.75, 3.05) is 14.2 Å². The van der Waals surface area contributed by atoms with Crippen LogP contribution in [0.4, 0.5) is 0 Å². The molecule has 8 heteroatoms. The molecule has 1 aromatic heterocycles. The first kappa shape index (κ1) is 18.0. The van der Waals surface area contributed by atoms with Gasteiger partial charge < -0.3 is 19.7 Å². The number of phenolic OH excluding ortho intramolecular Hbond substituents is 2. The van der Waals surface area contributed by atoms with Crippen LogP contribution in [0.25, 0.3) is 21.8 Å². The molecule has 1 heterocycles. The van der Waals surface area contributed by atoms with Crippen LogP contribution in [0.15, 0.2) is 38.6 Å². The Morgan fingerprint density at radius 1 is 1.00 bits per heavy atom. The van der Waals surface area contributed by atoms with E-state index in [1.165, 1.54) is 11.3 Å². The lowest BCUT2D eigenvalue weighted by atomic mass is 10.1. The van der Waals surface area contributed by atoms with E-state index in [1.54, 1.807) is 20.3 Å². The fourth-order valence-electron chi connectivity index (χ4n) is 2.29. The number of aromatic hydroxyl groups is 2. The van der Waals surface area contributed by atoms with Crippen LogP contribution in [-0.4, -0.2) is 29.4 Å². The highest BCUT2D eigenvalue weighted by atomic mass is 79.9. The Labute approximate surface area is 165 Å². The quantitative estimate of drug-likeness (QED) is 0.481. The molecule has 2 N–H and O–H groups in total. The second-order valence-electron chi connectivity index (χ2n) is 5.02. The van der Waals surface area contributed by atoms with E-state index < -0.39 is 0 Å². The number of benzene rings is 2. The second kappa shape index (κ2) is 7.23. The summed E-state index contributed by atoms with van der Waals surface area (Å²) >= 11 is 7.96. The van der Waals surface area contributed by atoms with Crippen LogP contribution in [0.3, 0.4) is 0 Å². The minimum absolute atomic E-state index is 0.220. The molecule has 3 rings (SSSR count). The maximum absolute atomic E-state index is 10.0. The van der Waals surface area contributed by atoms with E-state index in [2.05, 4.69) is 36.8 Å². The highest BCUT2D eigenvalue weighted by molar-refractivity contribution is 9.11. The molecule has 0 fully saturated rings.